The number of carbonyl (C=O) groups is 1. The lowest BCUT2D eigenvalue weighted by molar-refractivity contribution is 0.0967. The maximum Gasteiger partial charge on any atom is 0.252 e. The summed E-state index contributed by atoms with van der Waals surface area (Å²) in [5, 5.41) is 16.6. The molecule has 1 aliphatic heterocycles. The number of benzene rings is 3. The second-order valence-electron chi connectivity index (χ2n) is 7.76. The number of nitrogens with one attached hydrogen (secondary N) is 2. The smallest absolute Gasteiger partial charge is 0.252 e. The van der Waals surface area contributed by atoms with Crippen molar-refractivity contribution in [3.63, 3.8) is 0 Å². The van der Waals surface area contributed by atoms with Crippen molar-refractivity contribution in [2.45, 2.75) is 26.4 Å². The molecule has 0 saturated heterocycles. The first-order valence-electron chi connectivity index (χ1n) is 9.82. The third kappa shape index (κ3) is 2.01. The maximum absolute atomic E-state index is 12.9. The molecule has 0 radical (unpaired) electrons. The Kier molecular flexibility index (Phi) is 3.14. The largest absolute Gasteiger partial charge is 0.353 e. The van der Waals surface area contributed by atoms with E-state index in [9.17, 15) is 10.1 Å². The molecule has 5 aromatic rings. The average Bonchev–Trinajstić information content (AvgIpc) is 3.38. The van der Waals surface area contributed by atoms with Crippen molar-refractivity contribution in [3.8, 4) is 6.07 Å². The van der Waals surface area contributed by atoms with Gasteiger partial charge in [-0.2, -0.15) is 5.26 Å². The molecule has 0 fully saturated rings. The van der Waals surface area contributed by atoms with Crippen LogP contribution in [0.25, 0.3) is 43.6 Å². The van der Waals surface area contributed by atoms with Crippen LogP contribution in [0, 0.1) is 18.3 Å². The van der Waals surface area contributed by atoms with Gasteiger partial charge in [0.2, 0.25) is 0 Å². The van der Waals surface area contributed by atoms with Gasteiger partial charge in [0.1, 0.15) is 0 Å². The summed E-state index contributed by atoms with van der Waals surface area (Å²) in [6.07, 6.45) is 0.433. The molecule has 1 aliphatic rings. The highest BCUT2D eigenvalue weighted by atomic mass is 16.1. The molecule has 5 heteroatoms. The van der Waals surface area contributed by atoms with Crippen molar-refractivity contribution in [2.75, 3.05) is 0 Å². The molecule has 0 spiro atoms. The van der Waals surface area contributed by atoms with Gasteiger partial charge in [-0.15, -0.1) is 0 Å². The highest BCUT2D eigenvalue weighted by Crippen LogP contribution is 2.43. The number of aromatic nitrogens is 2. The molecule has 0 atom stereocenters. The lowest BCUT2D eigenvalue weighted by Gasteiger charge is -2.08. The number of aryl methyl sites for hydroxylation is 2. The van der Waals surface area contributed by atoms with E-state index in [4.69, 9.17) is 0 Å². The summed E-state index contributed by atoms with van der Waals surface area (Å²) in [6.45, 7) is 3.22. The molecule has 0 saturated carbocycles. The van der Waals surface area contributed by atoms with E-state index in [1.54, 1.807) is 0 Å². The van der Waals surface area contributed by atoms with Gasteiger partial charge in [-0.3, -0.25) is 4.79 Å². The number of H-pyrrole nitrogens is 1. The van der Waals surface area contributed by atoms with E-state index in [1.165, 1.54) is 0 Å². The van der Waals surface area contributed by atoms with Crippen molar-refractivity contribution in [3.05, 3.63) is 59.2 Å². The minimum atomic E-state index is -0.0110. The number of para-hydroxylation sites is 1. The number of carbonyl (C=O) groups excluding carboxylic acids is 1. The Morgan fingerprint density at radius 2 is 2.00 bits per heavy atom. The van der Waals surface area contributed by atoms with Crippen LogP contribution in [-0.4, -0.2) is 15.5 Å². The molecule has 2 aromatic heterocycles. The van der Waals surface area contributed by atoms with Gasteiger partial charge < -0.3 is 14.9 Å². The number of rotatable bonds is 2. The Morgan fingerprint density at radius 3 is 2.86 bits per heavy atom. The standard InChI is InChI=1S/C24H18N4O/c1-13-7-8-17-15(11-13)20-21-16(12-26-24(21)29)19-14-5-2-3-6-18(14)28(10-4-9-25)23(19)22(20)27-17/h2-3,5-8,11,27H,4,10,12H2,1H3,(H,26,29). The predicted octanol–water partition coefficient (Wildman–Crippen LogP) is 4.89. The Balaban J connectivity index is 1.94. The predicted molar refractivity (Wildman–Crippen MR) is 115 cm³/mol. The molecular formula is C24H18N4O. The Morgan fingerprint density at radius 1 is 1.14 bits per heavy atom. The summed E-state index contributed by atoms with van der Waals surface area (Å²) >= 11 is 0. The number of fused-ring (bicyclic) bond motifs is 10. The van der Waals surface area contributed by atoms with Crippen molar-refractivity contribution in [1.82, 2.24) is 14.9 Å². The third-order valence-corrected chi connectivity index (χ3v) is 6.12. The quantitative estimate of drug-likeness (QED) is 0.459. The molecular weight excluding hydrogens is 360 g/mol. The number of aromatic amines is 1. The monoisotopic (exact) mass is 378 g/mol. The molecule has 1 amide bonds. The highest BCUT2D eigenvalue weighted by Gasteiger charge is 2.30. The van der Waals surface area contributed by atoms with E-state index >= 15 is 0 Å². The number of nitrogens with zero attached hydrogens (tertiary/aromatic N) is 2. The van der Waals surface area contributed by atoms with Crippen molar-refractivity contribution >= 4 is 49.5 Å². The van der Waals surface area contributed by atoms with Crippen LogP contribution in [0.3, 0.4) is 0 Å². The van der Waals surface area contributed by atoms with Crippen LogP contribution >= 0.6 is 0 Å². The molecule has 29 heavy (non-hydrogen) atoms. The van der Waals surface area contributed by atoms with E-state index in [-0.39, 0.29) is 5.91 Å². The molecule has 5 nitrogen and oxygen atoms in total. The SMILES string of the molecule is Cc1ccc2[nH]c3c(c4c(c5c6ccccc6n(CCC#N)c35)CNC4=O)c2c1. The van der Waals surface area contributed by atoms with Crippen LogP contribution in [-0.2, 0) is 13.1 Å². The lowest BCUT2D eigenvalue weighted by Crippen LogP contribution is -2.12. The fraction of sp³-hybridized carbons (Fsp3) is 0.167. The Labute approximate surface area is 166 Å². The van der Waals surface area contributed by atoms with E-state index in [0.29, 0.717) is 19.5 Å². The van der Waals surface area contributed by atoms with Gasteiger partial charge in [-0.05, 0) is 30.7 Å². The van der Waals surface area contributed by atoms with Crippen molar-refractivity contribution in [1.29, 1.82) is 5.26 Å². The van der Waals surface area contributed by atoms with E-state index < -0.39 is 0 Å². The zero-order valence-corrected chi connectivity index (χ0v) is 16.0. The zero-order valence-electron chi connectivity index (χ0n) is 16.0. The molecule has 0 bridgehead atoms. The molecule has 140 valence electrons. The number of nitriles is 1. The van der Waals surface area contributed by atoms with Gasteiger partial charge in [-0.25, -0.2) is 0 Å². The van der Waals surface area contributed by atoms with E-state index in [0.717, 1.165) is 60.3 Å². The lowest BCUT2D eigenvalue weighted by atomic mass is 9.96. The van der Waals surface area contributed by atoms with Gasteiger partial charge in [-0.1, -0.05) is 29.8 Å². The zero-order chi connectivity index (χ0) is 19.7. The summed E-state index contributed by atoms with van der Waals surface area (Å²) in [6, 6.07) is 16.9. The van der Waals surface area contributed by atoms with E-state index in [1.807, 2.05) is 12.1 Å². The first kappa shape index (κ1) is 16.2. The summed E-state index contributed by atoms with van der Waals surface area (Å²) < 4.78 is 2.24. The number of hydrogen-bond acceptors (Lipinski definition) is 2. The minimum absolute atomic E-state index is 0.0110. The van der Waals surface area contributed by atoms with Crippen molar-refractivity contribution in [2.24, 2.45) is 0 Å². The van der Waals surface area contributed by atoms with Gasteiger partial charge in [0, 0.05) is 45.7 Å². The fourth-order valence-corrected chi connectivity index (χ4v) is 4.97. The van der Waals surface area contributed by atoms with Crippen LogP contribution < -0.4 is 5.32 Å². The fourth-order valence-electron chi connectivity index (χ4n) is 4.97. The van der Waals surface area contributed by atoms with Crippen LogP contribution in [0.4, 0.5) is 0 Å². The van der Waals surface area contributed by atoms with Gasteiger partial charge in [0.25, 0.3) is 5.91 Å². The molecule has 0 aliphatic carbocycles. The average molecular weight is 378 g/mol. The number of amides is 1. The molecule has 0 unspecified atom stereocenters. The normalized spacial score (nSPS) is 13.4. The highest BCUT2D eigenvalue weighted by molar-refractivity contribution is 6.30. The summed E-state index contributed by atoms with van der Waals surface area (Å²) in [4.78, 5) is 16.5. The van der Waals surface area contributed by atoms with Crippen LogP contribution in [0.2, 0.25) is 0 Å². The first-order chi connectivity index (χ1) is 14.2. The minimum Gasteiger partial charge on any atom is -0.353 e. The molecule has 2 N–H and O–H groups in total. The van der Waals surface area contributed by atoms with Crippen molar-refractivity contribution < 1.29 is 4.79 Å². The van der Waals surface area contributed by atoms with Crippen LogP contribution in [0.15, 0.2) is 42.5 Å². The van der Waals surface area contributed by atoms with Crippen LogP contribution in [0.5, 0.6) is 0 Å². The Bertz CT molecular complexity index is 1540. The summed E-state index contributed by atoms with van der Waals surface area (Å²) in [5.74, 6) is -0.0110. The van der Waals surface area contributed by atoms with E-state index in [2.05, 4.69) is 58.2 Å². The topological polar surface area (TPSA) is 73.6 Å². The second-order valence-corrected chi connectivity index (χ2v) is 7.76. The Hall–Kier alpha value is -3.78. The maximum atomic E-state index is 12.9. The summed E-state index contributed by atoms with van der Waals surface area (Å²) in [7, 11) is 0. The molecule has 3 aromatic carbocycles. The summed E-state index contributed by atoms with van der Waals surface area (Å²) in [5.41, 5.74) is 7.19. The van der Waals surface area contributed by atoms with Gasteiger partial charge in [0.15, 0.2) is 0 Å². The molecule has 6 rings (SSSR count). The number of hydrogen-bond donors (Lipinski definition) is 2. The first-order valence-corrected chi connectivity index (χ1v) is 9.82. The third-order valence-electron chi connectivity index (χ3n) is 6.12. The van der Waals surface area contributed by atoms with Crippen LogP contribution in [0.1, 0.15) is 27.9 Å². The van der Waals surface area contributed by atoms with Gasteiger partial charge >= 0.3 is 0 Å². The molecule has 3 heterocycles. The van der Waals surface area contributed by atoms with Gasteiger partial charge in [0.05, 0.1) is 29.1 Å². The second kappa shape index (κ2) is 5.62.